The van der Waals surface area contributed by atoms with Crippen LogP contribution in [0, 0.1) is 0 Å². The van der Waals surface area contributed by atoms with Gasteiger partial charge in [0.2, 0.25) is 5.91 Å². The van der Waals surface area contributed by atoms with Crippen LogP contribution in [0.15, 0.2) is 46.7 Å². The van der Waals surface area contributed by atoms with E-state index in [4.69, 9.17) is 0 Å². The Morgan fingerprint density at radius 2 is 2.04 bits per heavy atom. The highest BCUT2D eigenvalue weighted by Gasteiger charge is 2.30. The maximum absolute atomic E-state index is 12.5. The standard InChI is InChI=1S/C19H21NO2S2/c1-23-16-8-6-14(7-9-16)18(21)12-15-4-2-10-20(15)19(22)13-17-5-3-11-24-17/h3,5-9,11,15H,2,4,10,12-13H2,1H3/t15-/m0/s1. The molecule has 126 valence electrons. The van der Waals surface area contributed by atoms with Gasteiger partial charge in [0.1, 0.15) is 0 Å². The second kappa shape index (κ2) is 7.99. The summed E-state index contributed by atoms with van der Waals surface area (Å²) in [7, 11) is 0. The van der Waals surface area contributed by atoms with Crippen molar-refractivity contribution >= 4 is 34.8 Å². The number of carbonyl (C=O) groups excluding carboxylic acids is 2. The molecule has 24 heavy (non-hydrogen) atoms. The van der Waals surface area contributed by atoms with Crippen LogP contribution in [0.1, 0.15) is 34.5 Å². The fraction of sp³-hybridized carbons (Fsp3) is 0.368. The van der Waals surface area contributed by atoms with Gasteiger partial charge in [0.15, 0.2) is 5.78 Å². The number of hydrogen-bond acceptors (Lipinski definition) is 4. The van der Waals surface area contributed by atoms with Gasteiger partial charge in [-0.2, -0.15) is 0 Å². The highest BCUT2D eigenvalue weighted by atomic mass is 32.2. The topological polar surface area (TPSA) is 37.4 Å². The van der Waals surface area contributed by atoms with E-state index < -0.39 is 0 Å². The minimum absolute atomic E-state index is 0.0465. The normalized spacial score (nSPS) is 17.2. The van der Waals surface area contributed by atoms with E-state index in [9.17, 15) is 9.59 Å². The van der Waals surface area contributed by atoms with Gasteiger partial charge < -0.3 is 4.90 Å². The van der Waals surface area contributed by atoms with E-state index in [0.29, 0.717) is 12.8 Å². The molecule has 0 saturated carbocycles. The van der Waals surface area contributed by atoms with E-state index in [0.717, 1.165) is 34.7 Å². The molecule has 2 heterocycles. The van der Waals surface area contributed by atoms with Crippen LogP contribution in [0.4, 0.5) is 0 Å². The summed E-state index contributed by atoms with van der Waals surface area (Å²) in [6, 6.07) is 11.7. The minimum atomic E-state index is 0.0465. The Morgan fingerprint density at radius 3 is 2.71 bits per heavy atom. The van der Waals surface area contributed by atoms with Crippen molar-refractivity contribution < 1.29 is 9.59 Å². The fourth-order valence-corrected chi connectivity index (χ4v) is 4.25. The Morgan fingerprint density at radius 1 is 1.25 bits per heavy atom. The molecule has 1 saturated heterocycles. The molecule has 0 aliphatic carbocycles. The molecular weight excluding hydrogens is 338 g/mol. The summed E-state index contributed by atoms with van der Waals surface area (Å²) in [5.41, 5.74) is 0.741. The number of ketones is 1. The van der Waals surface area contributed by atoms with Crippen LogP contribution in [0.5, 0.6) is 0 Å². The number of carbonyl (C=O) groups is 2. The van der Waals surface area contributed by atoms with Gasteiger partial charge in [-0.15, -0.1) is 23.1 Å². The molecule has 0 N–H and O–H groups in total. The van der Waals surface area contributed by atoms with Crippen molar-refractivity contribution in [3.05, 3.63) is 52.2 Å². The second-order valence-corrected chi connectivity index (χ2v) is 7.91. The summed E-state index contributed by atoms with van der Waals surface area (Å²) in [5.74, 6) is 0.272. The van der Waals surface area contributed by atoms with Crippen molar-refractivity contribution in [2.24, 2.45) is 0 Å². The van der Waals surface area contributed by atoms with Gasteiger partial charge in [0.05, 0.1) is 6.42 Å². The Balaban J connectivity index is 1.62. The number of likely N-dealkylation sites (tertiary alicyclic amines) is 1. The first-order valence-corrected chi connectivity index (χ1v) is 10.3. The minimum Gasteiger partial charge on any atom is -0.339 e. The molecule has 0 spiro atoms. The van der Waals surface area contributed by atoms with Gasteiger partial charge in [0.25, 0.3) is 0 Å². The lowest BCUT2D eigenvalue weighted by atomic mass is 10.0. The van der Waals surface area contributed by atoms with Gasteiger partial charge in [0, 0.05) is 34.3 Å². The van der Waals surface area contributed by atoms with E-state index in [-0.39, 0.29) is 17.7 Å². The van der Waals surface area contributed by atoms with Gasteiger partial charge in [-0.25, -0.2) is 0 Å². The first-order chi connectivity index (χ1) is 11.7. The third-order valence-electron chi connectivity index (χ3n) is 4.44. The molecule has 1 aromatic carbocycles. The van der Waals surface area contributed by atoms with Crippen LogP contribution in [0.25, 0.3) is 0 Å². The zero-order valence-corrected chi connectivity index (χ0v) is 15.4. The molecule has 0 unspecified atom stereocenters. The summed E-state index contributed by atoms with van der Waals surface area (Å²) in [6.45, 7) is 0.771. The van der Waals surface area contributed by atoms with Crippen LogP contribution in [0.3, 0.4) is 0 Å². The van der Waals surface area contributed by atoms with Crippen LogP contribution >= 0.6 is 23.1 Å². The molecule has 1 aliphatic heterocycles. The molecule has 1 atom stereocenters. The van der Waals surface area contributed by atoms with Crippen molar-refractivity contribution in [3.63, 3.8) is 0 Å². The number of Topliss-reactive ketones (excluding diaryl/α,β-unsaturated/α-hetero) is 1. The average molecular weight is 360 g/mol. The number of thioether (sulfide) groups is 1. The summed E-state index contributed by atoms with van der Waals surface area (Å²) in [6.07, 6.45) is 4.80. The van der Waals surface area contributed by atoms with E-state index in [1.165, 1.54) is 0 Å². The smallest absolute Gasteiger partial charge is 0.228 e. The zero-order valence-electron chi connectivity index (χ0n) is 13.7. The number of benzene rings is 1. The Bertz CT molecular complexity index is 695. The van der Waals surface area contributed by atoms with Crippen molar-refractivity contribution in [2.45, 2.75) is 36.6 Å². The number of hydrogen-bond donors (Lipinski definition) is 0. The monoisotopic (exact) mass is 359 g/mol. The molecule has 3 rings (SSSR count). The largest absolute Gasteiger partial charge is 0.339 e. The molecule has 3 nitrogen and oxygen atoms in total. The maximum atomic E-state index is 12.5. The van der Waals surface area contributed by atoms with Gasteiger partial charge in [-0.05, 0) is 42.7 Å². The zero-order chi connectivity index (χ0) is 16.9. The highest BCUT2D eigenvalue weighted by molar-refractivity contribution is 7.98. The second-order valence-electron chi connectivity index (χ2n) is 6.00. The van der Waals surface area contributed by atoms with Crippen molar-refractivity contribution in [3.8, 4) is 0 Å². The number of nitrogens with zero attached hydrogens (tertiary/aromatic N) is 1. The Labute approximate surface area is 151 Å². The molecule has 1 fully saturated rings. The van der Waals surface area contributed by atoms with Gasteiger partial charge in [-0.3, -0.25) is 9.59 Å². The number of thiophene rings is 1. The Kier molecular flexibility index (Phi) is 5.74. The number of rotatable bonds is 6. The molecule has 1 amide bonds. The fourth-order valence-electron chi connectivity index (χ4n) is 3.15. The lowest BCUT2D eigenvalue weighted by molar-refractivity contribution is -0.131. The van der Waals surface area contributed by atoms with Gasteiger partial charge >= 0.3 is 0 Å². The van der Waals surface area contributed by atoms with E-state index in [1.807, 2.05) is 52.9 Å². The molecule has 2 aromatic rings. The summed E-state index contributed by atoms with van der Waals surface area (Å²) in [4.78, 5) is 29.2. The molecule has 1 aliphatic rings. The van der Waals surface area contributed by atoms with E-state index >= 15 is 0 Å². The third kappa shape index (κ3) is 4.08. The highest BCUT2D eigenvalue weighted by Crippen LogP contribution is 2.24. The lowest BCUT2D eigenvalue weighted by Gasteiger charge is -2.24. The first-order valence-electron chi connectivity index (χ1n) is 8.16. The van der Waals surface area contributed by atoms with E-state index in [2.05, 4.69) is 0 Å². The van der Waals surface area contributed by atoms with Gasteiger partial charge in [-0.1, -0.05) is 18.2 Å². The van der Waals surface area contributed by atoms with Crippen molar-refractivity contribution in [1.29, 1.82) is 0 Å². The number of amides is 1. The van der Waals surface area contributed by atoms with Crippen LogP contribution in [-0.4, -0.2) is 35.4 Å². The summed E-state index contributed by atoms with van der Waals surface area (Å²) >= 11 is 3.27. The molecule has 0 bridgehead atoms. The van der Waals surface area contributed by atoms with Crippen molar-refractivity contribution in [2.75, 3.05) is 12.8 Å². The predicted octanol–water partition coefficient (Wildman–Crippen LogP) is 4.28. The first kappa shape index (κ1) is 17.2. The molecule has 0 radical (unpaired) electrons. The average Bonchev–Trinajstić information content (AvgIpc) is 3.26. The molecule has 1 aromatic heterocycles. The molecular formula is C19H21NO2S2. The SMILES string of the molecule is CSc1ccc(C(=O)C[C@@H]2CCCN2C(=O)Cc2cccs2)cc1. The summed E-state index contributed by atoms with van der Waals surface area (Å²) in [5, 5.41) is 1.99. The predicted molar refractivity (Wildman–Crippen MR) is 99.9 cm³/mol. The van der Waals surface area contributed by atoms with E-state index in [1.54, 1.807) is 23.1 Å². The van der Waals surface area contributed by atoms with Crippen LogP contribution in [0.2, 0.25) is 0 Å². The lowest BCUT2D eigenvalue weighted by Crippen LogP contribution is -2.37. The molecule has 5 heteroatoms. The maximum Gasteiger partial charge on any atom is 0.228 e. The quantitative estimate of drug-likeness (QED) is 0.571. The third-order valence-corrected chi connectivity index (χ3v) is 6.06. The Hall–Kier alpha value is -1.59. The van der Waals surface area contributed by atoms with Crippen LogP contribution in [-0.2, 0) is 11.2 Å². The van der Waals surface area contributed by atoms with Crippen molar-refractivity contribution in [1.82, 2.24) is 4.90 Å². The van der Waals surface area contributed by atoms with Crippen LogP contribution < -0.4 is 0 Å². The summed E-state index contributed by atoms with van der Waals surface area (Å²) < 4.78 is 0.